The second-order valence-electron chi connectivity index (χ2n) is 8.02. The third kappa shape index (κ3) is 3.88. The zero-order valence-electron chi connectivity index (χ0n) is 16.7. The first-order valence-corrected chi connectivity index (χ1v) is 10.4. The molecule has 1 saturated carbocycles. The molecule has 5 rings (SSSR count). The van der Waals surface area contributed by atoms with Crippen LogP contribution >= 0.6 is 0 Å². The number of fused-ring (bicyclic) bond motifs is 1. The Morgan fingerprint density at radius 3 is 2.55 bits per heavy atom. The average Bonchev–Trinajstić information content (AvgIpc) is 3.51. The van der Waals surface area contributed by atoms with Crippen LogP contribution in [-0.2, 0) is 4.79 Å². The van der Waals surface area contributed by atoms with Gasteiger partial charge in [-0.25, -0.2) is 0 Å². The second kappa shape index (κ2) is 7.57. The molecule has 1 aromatic heterocycles. The molecule has 8 nitrogen and oxygen atoms in total. The lowest BCUT2D eigenvalue weighted by molar-refractivity contribution is -0.132. The van der Waals surface area contributed by atoms with E-state index in [0.29, 0.717) is 63.6 Å². The van der Waals surface area contributed by atoms with Gasteiger partial charge in [0, 0.05) is 39.5 Å². The zero-order chi connectivity index (χ0) is 19.8. The van der Waals surface area contributed by atoms with Crippen molar-refractivity contribution in [2.75, 3.05) is 44.3 Å². The fourth-order valence-corrected chi connectivity index (χ4v) is 4.22. The van der Waals surface area contributed by atoms with Gasteiger partial charge in [-0.2, -0.15) is 0 Å². The van der Waals surface area contributed by atoms with Crippen molar-refractivity contribution in [3.05, 3.63) is 29.7 Å². The summed E-state index contributed by atoms with van der Waals surface area (Å²) in [6.45, 7) is 5.74. The fraction of sp³-hybridized carbons (Fsp3) is 0.571. The van der Waals surface area contributed by atoms with Gasteiger partial charge in [0.2, 0.25) is 11.8 Å². The zero-order valence-corrected chi connectivity index (χ0v) is 16.7. The number of hydrogen-bond donors (Lipinski definition) is 0. The maximum absolute atomic E-state index is 13.1. The van der Waals surface area contributed by atoms with Crippen LogP contribution in [0.3, 0.4) is 0 Å². The predicted octanol–water partition coefficient (Wildman–Crippen LogP) is 2.38. The Balaban J connectivity index is 1.23. The smallest absolute Gasteiger partial charge is 0.318 e. The van der Waals surface area contributed by atoms with E-state index < -0.39 is 0 Å². The van der Waals surface area contributed by atoms with Gasteiger partial charge in [-0.15, -0.1) is 5.10 Å². The quantitative estimate of drug-likeness (QED) is 0.765. The number of carbonyl (C=O) groups excluding carboxylic acids is 1. The van der Waals surface area contributed by atoms with Crippen molar-refractivity contribution < 1.29 is 18.7 Å². The number of aryl methyl sites for hydroxylation is 1. The summed E-state index contributed by atoms with van der Waals surface area (Å²) in [6.07, 6.45) is 2.93. The Labute approximate surface area is 169 Å². The van der Waals surface area contributed by atoms with E-state index in [0.717, 1.165) is 11.5 Å². The van der Waals surface area contributed by atoms with Gasteiger partial charge in [0.25, 0.3) is 0 Å². The normalized spacial score (nSPS) is 19.9. The van der Waals surface area contributed by atoms with Gasteiger partial charge >= 0.3 is 6.01 Å². The second-order valence-corrected chi connectivity index (χ2v) is 8.02. The molecule has 154 valence electrons. The summed E-state index contributed by atoms with van der Waals surface area (Å²) in [5.74, 6) is 3.21. The SMILES string of the molecule is Cc1nnc(N2CCN(C(=O)CC(c3ccc4c(c3)OCCO4)C3CC3)CC2)o1. The number of hydrogen-bond acceptors (Lipinski definition) is 7. The minimum absolute atomic E-state index is 0.221. The molecular weight excluding hydrogens is 372 g/mol. The van der Waals surface area contributed by atoms with Gasteiger partial charge in [-0.1, -0.05) is 11.2 Å². The number of benzene rings is 1. The van der Waals surface area contributed by atoms with Crippen LogP contribution in [-0.4, -0.2) is 60.4 Å². The highest BCUT2D eigenvalue weighted by Crippen LogP contribution is 2.46. The monoisotopic (exact) mass is 398 g/mol. The number of anilines is 1. The van der Waals surface area contributed by atoms with Crippen molar-refractivity contribution in [3.8, 4) is 11.5 Å². The summed E-state index contributed by atoms with van der Waals surface area (Å²) >= 11 is 0. The molecule has 2 aromatic rings. The molecule has 3 heterocycles. The van der Waals surface area contributed by atoms with Crippen LogP contribution in [0.2, 0.25) is 0 Å². The van der Waals surface area contributed by atoms with Crippen molar-refractivity contribution in [1.29, 1.82) is 0 Å². The third-order valence-corrected chi connectivity index (χ3v) is 6.00. The van der Waals surface area contributed by atoms with Crippen molar-refractivity contribution in [1.82, 2.24) is 15.1 Å². The van der Waals surface area contributed by atoms with Gasteiger partial charge in [0.05, 0.1) is 0 Å². The first kappa shape index (κ1) is 18.3. The molecule has 0 radical (unpaired) electrons. The summed E-state index contributed by atoms with van der Waals surface area (Å²) in [6, 6.07) is 6.69. The fourth-order valence-electron chi connectivity index (χ4n) is 4.22. The Morgan fingerprint density at radius 2 is 1.86 bits per heavy atom. The van der Waals surface area contributed by atoms with Gasteiger partial charge in [-0.3, -0.25) is 4.79 Å². The van der Waals surface area contributed by atoms with Gasteiger partial charge in [0.1, 0.15) is 13.2 Å². The molecule has 29 heavy (non-hydrogen) atoms. The van der Waals surface area contributed by atoms with Crippen LogP contribution in [0.5, 0.6) is 11.5 Å². The standard InChI is InChI=1S/C21H26N4O4/c1-14-22-23-21(29-14)25-8-6-24(7-9-25)20(26)13-17(15-2-3-15)16-4-5-18-19(12-16)28-11-10-27-18/h4-5,12,15,17H,2-3,6-11,13H2,1H3. The maximum Gasteiger partial charge on any atom is 0.318 e. The van der Waals surface area contributed by atoms with E-state index in [1.165, 1.54) is 18.4 Å². The van der Waals surface area contributed by atoms with Crippen LogP contribution in [0.25, 0.3) is 0 Å². The van der Waals surface area contributed by atoms with E-state index in [1.807, 2.05) is 15.9 Å². The van der Waals surface area contributed by atoms with Gasteiger partial charge in [-0.05, 0) is 42.4 Å². The lowest BCUT2D eigenvalue weighted by Crippen LogP contribution is -2.49. The molecule has 1 aliphatic carbocycles. The predicted molar refractivity (Wildman–Crippen MR) is 105 cm³/mol. The first-order valence-electron chi connectivity index (χ1n) is 10.4. The van der Waals surface area contributed by atoms with E-state index in [-0.39, 0.29) is 11.8 Å². The third-order valence-electron chi connectivity index (χ3n) is 6.00. The van der Waals surface area contributed by atoms with E-state index >= 15 is 0 Å². The summed E-state index contributed by atoms with van der Waals surface area (Å²) < 4.78 is 16.9. The van der Waals surface area contributed by atoms with Crippen LogP contribution in [0, 0.1) is 12.8 Å². The van der Waals surface area contributed by atoms with Gasteiger partial charge < -0.3 is 23.7 Å². The summed E-state index contributed by atoms with van der Waals surface area (Å²) in [7, 11) is 0. The Morgan fingerprint density at radius 1 is 1.10 bits per heavy atom. The van der Waals surface area contributed by atoms with E-state index in [4.69, 9.17) is 13.9 Å². The van der Waals surface area contributed by atoms with Crippen molar-refractivity contribution >= 4 is 11.9 Å². The number of ether oxygens (including phenoxy) is 2. The highest BCUT2D eigenvalue weighted by atomic mass is 16.6. The lowest BCUT2D eigenvalue weighted by Gasteiger charge is -2.34. The molecular formula is C21H26N4O4. The van der Waals surface area contributed by atoms with Crippen molar-refractivity contribution in [3.63, 3.8) is 0 Å². The molecule has 1 aromatic carbocycles. The summed E-state index contributed by atoms with van der Waals surface area (Å²) in [5.41, 5.74) is 1.19. The molecule has 2 aliphatic heterocycles. The number of aromatic nitrogens is 2. The molecule has 0 bridgehead atoms. The topological polar surface area (TPSA) is 80.9 Å². The maximum atomic E-state index is 13.1. The Kier molecular flexibility index (Phi) is 4.77. The van der Waals surface area contributed by atoms with E-state index in [1.54, 1.807) is 6.92 Å². The highest BCUT2D eigenvalue weighted by molar-refractivity contribution is 5.77. The number of nitrogens with zero attached hydrogens (tertiary/aromatic N) is 4. The van der Waals surface area contributed by atoms with Crippen LogP contribution < -0.4 is 14.4 Å². The lowest BCUT2D eigenvalue weighted by atomic mass is 9.90. The molecule has 8 heteroatoms. The van der Waals surface area contributed by atoms with Gasteiger partial charge in [0.15, 0.2) is 11.5 Å². The molecule has 1 amide bonds. The number of carbonyl (C=O) groups is 1. The molecule has 1 unspecified atom stereocenters. The summed E-state index contributed by atoms with van der Waals surface area (Å²) in [5, 5.41) is 7.97. The number of amides is 1. The molecule has 1 atom stereocenters. The molecule has 2 fully saturated rings. The summed E-state index contributed by atoms with van der Waals surface area (Å²) in [4.78, 5) is 17.1. The number of piperazine rings is 1. The van der Waals surface area contributed by atoms with Crippen LogP contribution in [0.15, 0.2) is 22.6 Å². The molecule has 0 N–H and O–H groups in total. The minimum Gasteiger partial charge on any atom is -0.486 e. The first-order chi connectivity index (χ1) is 14.2. The van der Waals surface area contributed by atoms with E-state index in [2.05, 4.69) is 22.3 Å². The average molecular weight is 398 g/mol. The molecule has 3 aliphatic rings. The van der Waals surface area contributed by atoms with Crippen LogP contribution in [0.4, 0.5) is 6.01 Å². The largest absolute Gasteiger partial charge is 0.486 e. The molecule has 1 saturated heterocycles. The molecule has 0 spiro atoms. The Hall–Kier alpha value is -2.77. The van der Waals surface area contributed by atoms with Crippen molar-refractivity contribution in [2.24, 2.45) is 5.92 Å². The van der Waals surface area contributed by atoms with Crippen molar-refractivity contribution in [2.45, 2.75) is 32.1 Å². The Bertz CT molecular complexity index is 887. The highest BCUT2D eigenvalue weighted by Gasteiger charge is 2.36. The minimum atomic E-state index is 0.221. The number of rotatable bonds is 5. The van der Waals surface area contributed by atoms with Crippen LogP contribution in [0.1, 0.15) is 36.6 Å². The van der Waals surface area contributed by atoms with E-state index in [9.17, 15) is 4.79 Å².